The van der Waals surface area contributed by atoms with E-state index < -0.39 is 30.3 Å². The molecule has 3 rings (SSSR count). The minimum Gasteiger partial charge on any atom is -0.481 e. The second kappa shape index (κ2) is 9.27. The summed E-state index contributed by atoms with van der Waals surface area (Å²) in [5, 5.41) is 17.9. The SMILES string of the molecule is O=C(O)CCCCCN1C(=O)/C(=C2/C(=O)N(CC(=O)O)c3ccc(Br)cc32)SC1=S. The normalized spacial score (nSPS) is 18.4. The maximum Gasteiger partial charge on any atom is 0.323 e. The first-order valence-electron chi connectivity index (χ1n) is 9.04. The van der Waals surface area contributed by atoms with Gasteiger partial charge in [0.15, 0.2) is 0 Å². The highest BCUT2D eigenvalue weighted by molar-refractivity contribution is 9.10. The maximum atomic E-state index is 13.0. The topological polar surface area (TPSA) is 115 Å². The molecule has 2 N–H and O–H groups in total. The van der Waals surface area contributed by atoms with E-state index in [0.29, 0.717) is 45.9 Å². The van der Waals surface area contributed by atoms with Gasteiger partial charge in [0, 0.05) is 23.0 Å². The molecule has 2 aliphatic rings. The number of carboxylic acids is 2. The van der Waals surface area contributed by atoms with Gasteiger partial charge in [-0.1, -0.05) is 46.3 Å². The van der Waals surface area contributed by atoms with E-state index in [4.69, 9.17) is 17.3 Å². The van der Waals surface area contributed by atoms with Crippen LogP contribution in [0.4, 0.5) is 5.69 Å². The summed E-state index contributed by atoms with van der Waals surface area (Å²) in [6.45, 7) is -0.180. The van der Waals surface area contributed by atoms with E-state index in [1.165, 1.54) is 4.90 Å². The van der Waals surface area contributed by atoms with Gasteiger partial charge in [0.2, 0.25) is 0 Å². The molecule has 1 fully saturated rings. The van der Waals surface area contributed by atoms with E-state index in [-0.39, 0.29) is 16.9 Å². The Bertz CT molecular complexity index is 993. The summed E-state index contributed by atoms with van der Waals surface area (Å²) < 4.78 is 1.01. The summed E-state index contributed by atoms with van der Waals surface area (Å²) >= 11 is 9.70. The smallest absolute Gasteiger partial charge is 0.323 e. The average molecular weight is 513 g/mol. The number of carbonyl (C=O) groups excluding carboxylic acids is 2. The zero-order chi connectivity index (χ0) is 22.0. The summed E-state index contributed by atoms with van der Waals surface area (Å²) in [6, 6.07) is 5.02. The van der Waals surface area contributed by atoms with E-state index in [2.05, 4.69) is 15.9 Å². The molecule has 0 atom stereocenters. The highest BCUT2D eigenvalue weighted by Gasteiger charge is 2.42. The maximum absolute atomic E-state index is 13.0. The van der Waals surface area contributed by atoms with Gasteiger partial charge in [-0.15, -0.1) is 0 Å². The molecule has 30 heavy (non-hydrogen) atoms. The van der Waals surface area contributed by atoms with Crippen molar-refractivity contribution in [2.24, 2.45) is 0 Å². The fraction of sp³-hybridized carbons (Fsp3) is 0.316. The summed E-state index contributed by atoms with van der Waals surface area (Å²) in [6.07, 6.45) is 1.80. The third kappa shape index (κ3) is 4.57. The lowest BCUT2D eigenvalue weighted by molar-refractivity contribution is -0.137. The standard InChI is InChI=1S/C19H17BrN2O6S2/c20-10-5-6-12-11(8-10)15(17(27)22(12)9-14(25)26)16-18(28)21(19(29)30-16)7-3-1-2-4-13(23)24/h5-6,8H,1-4,7,9H2,(H,23,24)(H,25,26)/b16-15-. The Hall–Kier alpha value is -2.24. The number of hydrogen-bond donors (Lipinski definition) is 2. The Balaban J connectivity index is 1.87. The fourth-order valence-electron chi connectivity index (χ4n) is 3.28. The fourth-order valence-corrected chi connectivity index (χ4v) is 5.02. The third-order valence-corrected chi connectivity index (χ3v) is 6.56. The summed E-state index contributed by atoms with van der Waals surface area (Å²) in [7, 11) is 0. The molecule has 0 unspecified atom stereocenters. The van der Waals surface area contributed by atoms with Crippen molar-refractivity contribution in [3.8, 4) is 0 Å². The number of halogens is 1. The Morgan fingerprint density at radius 1 is 1.03 bits per heavy atom. The highest BCUT2D eigenvalue weighted by Crippen LogP contribution is 2.45. The molecule has 11 heteroatoms. The molecule has 0 saturated carbocycles. The van der Waals surface area contributed by atoms with Crippen LogP contribution in [0.25, 0.3) is 5.57 Å². The predicted octanol–water partition coefficient (Wildman–Crippen LogP) is 3.10. The number of rotatable bonds is 8. The minimum absolute atomic E-state index is 0.0714. The highest BCUT2D eigenvalue weighted by atomic mass is 79.9. The number of benzene rings is 1. The molecule has 1 aromatic rings. The van der Waals surface area contributed by atoms with Gasteiger partial charge in [0.1, 0.15) is 10.9 Å². The number of nitrogens with zero attached hydrogens (tertiary/aromatic N) is 2. The van der Waals surface area contributed by atoms with Gasteiger partial charge < -0.3 is 10.2 Å². The van der Waals surface area contributed by atoms with Crippen LogP contribution in [0.2, 0.25) is 0 Å². The van der Waals surface area contributed by atoms with E-state index >= 15 is 0 Å². The number of amides is 2. The van der Waals surface area contributed by atoms with Crippen molar-refractivity contribution in [1.82, 2.24) is 4.90 Å². The number of carbonyl (C=O) groups is 4. The van der Waals surface area contributed by atoms with Crippen LogP contribution in [0.5, 0.6) is 0 Å². The molecular weight excluding hydrogens is 496 g/mol. The minimum atomic E-state index is -1.16. The van der Waals surface area contributed by atoms with Gasteiger partial charge in [0.25, 0.3) is 11.8 Å². The molecule has 0 bridgehead atoms. The lowest BCUT2D eigenvalue weighted by Crippen LogP contribution is -2.33. The van der Waals surface area contributed by atoms with Crippen LogP contribution in [0.3, 0.4) is 0 Å². The second-order valence-corrected chi connectivity index (χ2v) is 9.24. The average Bonchev–Trinajstić information content (AvgIpc) is 3.08. The van der Waals surface area contributed by atoms with Crippen molar-refractivity contribution in [3.05, 3.63) is 33.1 Å². The number of carboxylic acid groups (broad SMARTS) is 2. The first-order chi connectivity index (χ1) is 14.2. The number of aliphatic carboxylic acids is 2. The molecule has 1 aromatic carbocycles. The molecule has 0 aromatic heterocycles. The van der Waals surface area contributed by atoms with Crippen LogP contribution in [-0.2, 0) is 19.2 Å². The molecule has 158 valence electrons. The third-order valence-electron chi connectivity index (χ3n) is 4.62. The number of hydrogen-bond acceptors (Lipinski definition) is 6. The Morgan fingerprint density at radius 3 is 2.43 bits per heavy atom. The number of thioether (sulfide) groups is 1. The van der Waals surface area contributed by atoms with Gasteiger partial charge in [-0.3, -0.25) is 29.0 Å². The summed E-state index contributed by atoms with van der Waals surface area (Å²) in [5.74, 6) is -2.96. The zero-order valence-electron chi connectivity index (χ0n) is 15.6. The van der Waals surface area contributed by atoms with E-state index in [9.17, 15) is 24.3 Å². The van der Waals surface area contributed by atoms with Crippen LogP contribution < -0.4 is 4.90 Å². The number of thiocarbonyl (C=S) groups is 1. The molecule has 0 radical (unpaired) electrons. The van der Waals surface area contributed by atoms with Crippen molar-refractivity contribution in [2.45, 2.75) is 25.7 Å². The van der Waals surface area contributed by atoms with Gasteiger partial charge in [-0.25, -0.2) is 0 Å². The van der Waals surface area contributed by atoms with E-state index in [1.54, 1.807) is 18.2 Å². The van der Waals surface area contributed by atoms with Crippen molar-refractivity contribution in [1.29, 1.82) is 0 Å². The Labute approximate surface area is 190 Å². The second-order valence-electron chi connectivity index (χ2n) is 6.68. The monoisotopic (exact) mass is 512 g/mol. The quantitative estimate of drug-likeness (QED) is 0.310. The Morgan fingerprint density at radius 2 is 1.77 bits per heavy atom. The predicted molar refractivity (Wildman–Crippen MR) is 119 cm³/mol. The van der Waals surface area contributed by atoms with Crippen LogP contribution in [-0.4, -0.2) is 56.3 Å². The molecule has 2 heterocycles. The number of unbranched alkanes of at least 4 members (excludes halogenated alkanes) is 2. The van der Waals surface area contributed by atoms with Crippen LogP contribution in [0.1, 0.15) is 31.2 Å². The van der Waals surface area contributed by atoms with Crippen LogP contribution in [0.15, 0.2) is 27.6 Å². The largest absolute Gasteiger partial charge is 0.481 e. The number of fused-ring (bicyclic) bond motifs is 1. The zero-order valence-corrected chi connectivity index (χ0v) is 18.8. The molecular formula is C19H17BrN2O6S2. The van der Waals surface area contributed by atoms with Crippen molar-refractivity contribution >= 4 is 79.2 Å². The number of anilines is 1. The summed E-state index contributed by atoms with van der Waals surface area (Å²) in [5.41, 5.74) is 1.07. The molecule has 0 aliphatic carbocycles. The molecule has 2 aliphatic heterocycles. The van der Waals surface area contributed by atoms with Gasteiger partial charge in [0.05, 0.1) is 16.2 Å². The van der Waals surface area contributed by atoms with Gasteiger partial charge >= 0.3 is 11.9 Å². The van der Waals surface area contributed by atoms with Crippen molar-refractivity contribution in [2.75, 3.05) is 18.0 Å². The molecule has 8 nitrogen and oxygen atoms in total. The van der Waals surface area contributed by atoms with Crippen LogP contribution >= 0.6 is 39.9 Å². The lowest BCUT2D eigenvalue weighted by atomic mass is 10.1. The van der Waals surface area contributed by atoms with E-state index in [0.717, 1.165) is 16.7 Å². The molecule has 2 amide bonds. The molecule has 1 saturated heterocycles. The van der Waals surface area contributed by atoms with Crippen molar-refractivity contribution < 1.29 is 29.4 Å². The molecule has 0 spiro atoms. The first-order valence-corrected chi connectivity index (χ1v) is 11.1. The first kappa shape index (κ1) is 22.4. The lowest BCUT2D eigenvalue weighted by Gasteiger charge is -2.14. The van der Waals surface area contributed by atoms with Crippen LogP contribution in [0, 0.1) is 0 Å². The van der Waals surface area contributed by atoms with Crippen molar-refractivity contribution in [3.63, 3.8) is 0 Å². The Kier molecular flexibility index (Phi) is 6.94. The summed E-state index contributed by atoms with van der Waals surface area (Å²) in [4.78, 5) is 50.6. The van der Waals surface area contributed by atoms with Gasteiger partial charge in [-0.2, -0.15) is 0 Å². The van der Waals surface area contributed by atoms with E-state index in [1.807, 2.05) is 0 Å². The van der Waals surface area contributed by atoms with Gasteiger partial charge in [-0.05, 0) is 31.0 Å².